The minimum atomic E-state index is -0.638. The van der Waals surface area contributed by atoms with Crippen LogP contribution in [0.25, 0.3) is 0 Å². The molecular formula is C12H17N5O3. The Bertz CT molecular complexity index is 535. The largest absolute Gasteiger partial charge is 0.376 e. The van der Waals surface area contributed by atoms with Crippen LogP contribution in [0.3, 0.4) is 0 Å². The van der Waals surface area contributed by atoms with Gasteiger partial charge >= 0.3 is 0 Å². The summed E-state index contributed by atoms with van der Waals surface area (Å²) in [4.78, 5) is 27.9. The Morgan fingerprint density at radius 1 is 1.60 bits per heavy atom. The number of fused-ring (bicyclic) bond motifs is 1. The third-order valence-electron chi connectivity index (χ3n) is 3.49. The monoisotopic (exact) mass is 279 g/mol. The van der Waals surface area contributed by atoms with Gasteiger partial charge in [-0.15, -0.1) is 0 Å². The molecule has 8 nitrogen and oxygen atoms in total. The van der Waals surface area contributed by atoms with Gasteiger partial charge in [0.25, 0.3) is 0 Å². The molecule has 0 aliphatic carbocycles. The molecule has 1 aromatic heterocycles. The molecule has 8 heteroatoms. The Balaban J connectivity index is 1.69. The van der Waals surface area contributed by atoms with Gasteiger partial charge in [0.1, 0.15) is 11.9 Å². The number of hydrogen-bond acceptors (Lipinski definition) is 5. The molecule has 3 heterocycles. The van der Waals surface area contributed by atoms with E-state index in [9.17, 15) is 9.59 Å². The number of nitrogens with one attached hydrogen (secondary N) is 2. The van der Waals surface area contributed by atoms with Crippen molar-refractivity contribution in [2.75, 3.05) is 18.5 Å². The highest BCUT2D eigenvalue weighted by molar-refractivity contribution is 5.96. The van der Waals surface area contributed by atoms with E-state index >= 15 is 0 Å². The quantitative estimate of drug-likeness (QED) is 0.796. The molecule has 2 amide bonds. The van der Waals surface area contributed by atoms with Gasteiger partial charge in [-0.25, -0.2) is 4.68 Å². The molecule has 0 radical (unpaired) electrons. The lowest BCUT2D eigenvalue weighted by atomic mass is 10.1. The second-order valence-corrected chi connectivity index (χ2v) is 5.08. The SMILES string of the molecule is Cc1nc2n(n1)[C@H](C(=O)NC[C@H]1CCCO1)CC(=O)N2. The predicted octanol–water partition coefficient (Wildman–Crippen LogP) is -0.235. The molecule has 2 aliphatic rings. The Kier molecular flexibility index (Phi) is 3.39. The number of ether oxygens (including phenoxy) is 1. The number of amides is 2. The summed E-state index contributed by atoms with van der Waals surface area (Å²) < 4.78 is 6.93. The average molecular weight is 279 g/mol. The van der Waals surface area contributed by atoms with E-state index in [1.54, 1.807) is 6.92 Å². The van der Waals surface area contributed by atoms with Gasteiger partial charge in [-0.3, -0.25) is 14.9 Å². The van der Waals surface area contributed by atoms with Crippen molar-refractivity contribution in [1.82, 2.24) is 20.1 Å². The van der Waals surface area contributed by atoms with Crippen LogP contribution >= 0.6 is 0 Å². The molecule has 0 bridgehead atoms. The summed E-state index contributed by atoms with van der Waals surface area (Å²) in [5.41, 5.74) is 0. The Labute approximate surface area is 115 Å². The number of carbonyl (C=O) groups is 2. The lowest BCUT2D eigenvalue weighted by Gasteiger charge is -2.23. The fourth-order valence-electron chi connectivity index (χ4n) is 2.51. The summed E-state index contributed by atoms with van der Waals surface area (Å²) in [5.74, 6) is 0.416. The van der Waals surface area contributed by atoms with Crippen molar-refractivity contribution in [3.8, 4) is 0 Å². The summed E-state index contributed by atoms with van der Waals surface area (Å²) in [6.45, 7) is 2.94. The predicted molar refractivity (Wildman–Crippen MR) is 69.0 cm³/mol. The topological polar surface area (TPSA) is 98.1 Å². The highest BCUT2D eigenvalue weighted by Crippen LogP contribution is 2.22. The van der Waals surface area contributed by atoms with Gasteiger partial charge in [0, 0.05) is 13.2 Å². The lowest BCUT2D eigenvalue weighted by Crippen LogP contribution is -2.41. The number of aromatic nitrogens is 3. The molecule has 2 atom stereocenters. The first-order valence-electron chi connectivity index (χ1n) is 6.76. The van der Waals surface area contributed by atoms with Crippen LogP contribution in [0.1, 0.15) is 31.1 Å². The van der Waals surface area contributed by atoms with Gasteiger partial charge in [-0.1, -0.05) is 0 Å². The fourth-order valence-corrected chi connectivity index (χ4v) is 2.51. The van der Waals surface area contributed by atoms with E-state index < -0.39 is 6.04 Å². The van der Waals surface area contributed by atoms with E-state index in [0.29, 0.717) is 18.3 Å². The van der Waals surface area contributed by atoms with Crippen LogP contribution in [0.2, 0.25) is 0 Å². The Morgan fingerprint density at radius 2 is 2.45 bits per heavy atom. The van der Waals surface area contributed by atoms with Crippen molar-refractivity contribution in [3.05, 3.63) is 5.82 Å². The number of aryl methyl sites for hydroxylation is 1. The molecule has 0 unspecified atom stereocenters. The lowest BCUT2D eigenvalue weighted by molar-refractivity contribution is -0.129. The van der Waals surface area contributed by atoms with E-state index in [1.807, 2.05) is 0 Å². The molecule has 0 spiro atoms. The number of hydrogen-bond donors (Lipinski definition) is 2. The van der Waals surface area contributed by atoms with Gasteiger partial charge in [0.2, 0.25) is 17.8 Å². The zero-order valence-electron chi connectivity index (χ0n) is 11.3. The molecule has 108 valence electrons. The Morgan fingerprint density at radius 3 is 3.20 bits per heavy atom. The van der Waals surface area contributed by atoms with Crippen molar-refractivity contribution in [1.29, 1.82) is 0 Å². The van der Waals surface area contributed by atoms with Crippen molar-refractivity contribution in [2.24, 2.45) is 0 Å². The second-order valence-electron chi connectivity index (χ2n) is 5.08. The molecule has 1 saturated heterocycles. The van der Waals surface area contributed by atoms with Gasteiger partial charge in [0.15, 0.2) is 0 Å². The van der Waals surface area contributed by atoms with Gasteiger partial charge in [-0.2, -0.15) is 10.1 Å². The van der Waals surface area contributed by atoms with E-state index in [1.165, 1.54) is 4.68 Å². The third-order valence-corrected chi connectivity index (χ3v) is 3.49. The first-order chi connectivity index (χ1) is 9.63. The van der Waals surface area contributed by atoms with Crippen molar-refractivity contribution >= 4 is 17.8 Å². The van der Waals surface area contributed by atoms with Gasteiger partial charge in [0.05, 0.1) is 12.5 Å². The highest BCUT2D eigenvalue weighted by Gasteiger charge is 2.32. The molecule has 2 N–H and O–H groups in total. The van der Waals surface area contributed by atoms with Crippen molar-refractivity contribution in [2.45, 2.75) is 38.3 Å². The van der Waals surface area contributed by atoms with Crippen LogP contribution in [0.5, 0.6) is 0 Å². The molecule has 3 rings (SSSR count). The summed E-state index contributed by atoms with van der Waals surface area (Å²) >= 11 is 0. The number of carbonyl (C=O) groups excluding carboxylic acids is 2. The van der Waals surface area contributed by atoms with Crippen LogP contribution in [0.4, 0.5) is 5.95 Å². The van der Waals surface area contributed by atoms with Gasteiger partial charge < -0.3 is 10.1 Å². The van der Waals surface area contributed by atoms with Crippen LogP contribution in [-0.4, -0.2) is 45.8 Å². The molecule has 20 heavy (non-hydrogen) atoms. The molecule has 2 aliphatic heterocycles. The minimum Gasteiger partial charge on any atom is -0.376 e. The van der Waals surface area contributed by atoms with Crippen LogP contribution in [0, 0.1) is 6.92 Å². The maximum atomic E-state index is 12.2. The highest BCUT2D eigenvalue weighted by atomic mass is 16.5. The normalized spacial score (nSPS) is 25.1. The summed E-state index contributed by atoms with van der Waals surface area (Å²) in [6.07, 6.45) is 2.14. The van der Waals surface area contributed by atoms with Crippen molar-refractivity contribution in [3.63, 3.8) is 0 Å². The summed E-state index contributed by atoms with van der Waals surface area (Å²) in [5, 5.41) is 9.61. The second kappa shape index (κ2) is 5.20. The van der Waals surface area contributed by atoms with E-state index in [0.717, 1.165) is 19.4 Å². The summed E-state index contributed by atoms with van der Waals surface area (Å²) in [6, 6.07) is -0.638. The summed E-state index contributed by atoms with van der Waals surface area (Å²) in [7, 11) is 0. The average Bonchev–Trinajstić information content (AvgIpc) is 3.03. The van der Waals surface area contributed by atoms with E-state index in [-0.39, 0.29) is 24.3 Å². The van der Waals surface area contributed by atoms with E-state index in [2.05, 4.69) is 20.7 Å². The maximum absolute atomic E-state index is 12.2. The van der Waals surface area contributed by atoms with E-state index in [4.69, 9.17) is 4.74 Å². The molecule has 0 saturated carbocycles. The Hall–Kier alpha value is -1.96. The van der Waals surface area contributed by atoms with Crippen LogP contribution in [-0.2, 0) is 14.3 Å². The molecular weight excluding hydrogens is 262 g/mol. The first kappa shape index (κ1) is 13.0. The number of rotatable bonds is 3. The molecule has 0 aromatic carbocycles. The van der Waals surface area contributed by atoms with Crippen LogP contribution in [0.15, 0.2) is 0 Å². The van der Waals surface area contributed by atoms with Crippen molar-refractivity contribution < 1.29 is 14.3 Å². The fraction of sp³-hybridized carbons (Fsp3) is 0.667. The standard InChI is InChI=1S/C12H17N5O3/c1-7-14-12-15-10(18)5-9(17(12)16-7)11(19)13-6-8-3-2-4-20-8/h8-9H,2-6H2,1H3,(H,13,19)(H,14,15,16,18)/t8-,9+/m1/s1. The zero-order valence-corrected chi connectivity index (χ0v) is 11.3. The third kappa shape index (κ3) is 2.51. The first-order valence-corrected chi connectivity index (χ1v) is 6.76. The maximum Gasteiger partial charge on any atom is 0.245 e. The zero-order chi connectivity index (χ0) is 14.1. The number of anilines is 1. The minimum absolute atomic E-state index is 0.0765. The number of nitrogens with zero attached hydrogens (tertiary/aromatic N) is 3. The molecule has 1 fully saturated rings. The smallest absolute Gasteiger partial charge is 0.245 e. The van der Waals surface area contributed by atoms with Crippen LogP contribution < -0.4 is 10.6 Å². The van der Waals surface area contributed by atoms with Gasteiger partial charge in [-0.05, 0) is 19.8 Å². The molecule has 1 aromatic rings.